The molecule has 3 rings (SSSR count). The largest absolute Gasteiger partial charge is 0.410 e. The topological polar surface area (TPSA) is 35.8 Å². The highest BCUT2D eigenvalue weighted by Gasteiger charge is 2.29. The molecule has 1 heterocycles. The van der Waals surface area contributed by atoms with Crippen LogP contribution in [0.25, 0.3) is 5.57 Å². The van der Waals surface area contributed by atoms with Crippen molar-refractivity contribution in [3.8, 4) is 0 Å². The van der Waals surface area contributed by atoms with Crippen molar-refractivity contribution in [1.29, 1.82) is 0 Å². The van der Waals surface area contributed by atoms with Gasteiger partial charge in [0.05, 0.1) is 6.04 Å². The molecule has 1 atom stereocenters. The molecular formula is C20H22N2O. The zero-order valence-electron chi connectivity index (χ0n) is 13.8. The summed E-state index contributed by atoms with van der Waals surface area (Å²) in [4.78, 5) is 2.22. The van der Waals surface area contributed by atoms with Crippen LogP contribution in [0.15, 0.2) is 66.0 Å². The van der Waals surface area contributed by atoms with Crippen LogP contribution in [0.4, 0.5) is 0 Å². The van der Waals surface area contributed by atoms with Crippen LogP contribution in [-0.4, -0.2) is 22.9 Å². The molecule has 0 aliphatic carbocycles. The number of hydrogen-bond acceptors (Lipinski definition) is 3. The summed E-state index contributed by atoms with van der Waals surface area (Å²) in [6.07, 6.45) is 2.09. The Morgan fingerprint density at radius 1 is 1.04 bits per heavy atom. The summed E-state index contributed by atoms with van der Waals surface area (Å²) in [7, 11) is 2.08. The number of hydrogen-bond donors (Lipinski definition) is 1. The number of allylic oxidation sites excluding steroid dienone is 1. The average molecular weight is 306 g/mol. The molecule has 1 aliphatic heterocycles. The zero-order chi connectivity index (χ0) is 16.4. The highest BCUT2D eigenvalue weighted by molar-refractivity contribution is 6.32. The molecule has 0 aromatic heterocycles. The summed E-state index contributed by atoms with van der Waals surface area (Å²) < 4.78 is 0. The van der Waals surface area contributed by atoms with Crippen LogP contribution in [-0.2, 0) is 0 Å². The maximum absolute atomic E-state index is 9.65. The minimum atomic E-state index is 0.325. The fraction of sp³-hybridized carbons (Fsp3) is 0.250. The number of rotatable bonds is 3. The van der Waals surface area contributed by atoms with Gasteiger partial charge in [0.2, 0.25) is 0 Å². The molecule has 1 aliphatic rings. The van der Waals surface area contributed by atoms with Crippen LogP contribution in [0.1, 0.15) is 36.6 Å². The van der Waals surface area contributed by atoms with E-state index in [-0.39, 0.29) is 0 Å². The van der Waals surface area contributed by atoms with Crippen LogP contribution >= 0.6 is 0 Å². The monoisotopic (exact) mass is 306 g/mol. The van der Waals surface area contributed by atoms with Crippen molar-refractivity contribution in [3.05, 3.63) is 77.5 Å². The highest BCUT2D eigenvalue weighted by atomic mass is 16.4. The molecule has 3 nitrogen and oxygen atoms in total. The molecule has 2 aromatic carbocycles. The molecule has 0 spiro atoms. The number of nitrogens with zero attached hydrogens (tertiary/aromatic N) is 2. The molecule has 2 aromatic rings. The lowest BCUT2D eigenvalue weighted by Crippen LogP contribution is -2.29. The normalized spacial score (nSPS) is 17.9. The van der Waals surface area contributed by atoms with E-state index in [4.69, 9.17) is 0 Å². The van der Waals surface area contributed by atoms with Gasteiger partial charge in [-0.15, -0.1) is 0 Å². The molecule has 0 amide bonds. The third-order valence-electron chi connectivity index (χ3n) is 4.37. The van der Waals surface area contributed by atoms with Gasteiger partial charge in [-0.1, -0.05) is 73.6 Å². The quantitative estimate of drug-likeness (QED) is 0.513. The minimum Gasteiger partial charge on any atom is -0.410 e. The zero-order valence-corrected chi connectivity index (χ0v) is 13.8. The lowest BCUT2D eigenvalue weighted by atomic mass is 9.83. The molecule has 0 saturated heterocycles. The van der Waals surface area contributed by atoms with Crippen LogP contribution in [0.3, 0.4) is 0 Å². The van der Waals surface area contributed by atoms with Gasteiger partial charge in [0.15, 0.2) is 0 Å². The van der Waals surface area contributed by atoms with Crippen molar-refractivity contribution in [2.45, 2.75) is 19.9 Å². The molecule has 0 bridgehead atoms. The van der Waals surface area contributed by atoms with E-state index in [1.807, 2.05) is 36.4 Å². The Balaban J connectivity index is 2.15. The fourth-order valence-electron chi connectivity index (χ4n) is 3.45. The van der Waals surface area contributed by atoms with E-state index in [1.165, 1.54) is 5.56 Å². The molecular weight excluding hydrogens is 284 g/mol. The first-order chi connectivity index (χ1) is 11.1. The summed E-state index contributed by atoms with van der Waals surface area (Å²) in [6, 6.07) is 18.5. The van der Waals surface area contributed by atoms with Gasteiger partial charge in [0, 0.05) is 24.4 Å². The lowest BCUT2D eigenvalue weighted by Gasteiger charge is -2.37. The van der Waals surface area contributed by atoms with Gasteiger partial charge in [-0.2, -0.15) is 0 Å². The molecule has 23 heavy (non-hydrogen) atoms. The van der Waals surface area contributed by atoms with Gasteiger partial charge in [0.25, 0.3) is 0 Å². The van der Waals surface area contributed by atoms with Crippen molar-refractivity contribution < 1.29 is 5.21 Å². The third kappa shape index (κ3) is 2.74. The van der Waals surface area contributed by atoms with Gasteiger partial charge >= 0.3 is 0 Å². The summed E-state index contributed by atoms with van der Waals surface area (Å²) >= 11 is 0. The summed E-state index contributed by atoms with van der Waals surface area (Å²) in [5.41, 5.74) is 4.88. The van der Waals surface area contributed by atoms with Gasteiger partial charge in [-0.25, -0.2) is 0 Å². The SMILES string of the molecule is CC(C)C1c2ccccc2C(/C(=N/O)c2ccccc2)=CN1C. The Morgan fingerprint density at radius 2 is 1.70 bits per heavy atom. The maximum atomic E-state index is 9.65. The smallest absolute Gasteiger partial charge is 0.119 e. The summed E-state index contributed by atoms with van der Waals surface area (Å²) in [5, 5.41) is 13.3. The molecule has 0 radical (unpaired) electrons. The van der Waals surface area contributed by atoms with Crippen molar-refractivity contribution in [2.75, 3.05) is 7.05 Å². The van der Waals surface area contributed by atoms with E-state index in [0.717, 1.165) is 16.7 Å². The van der Waals surface area contributed by atoms with Crippen molar-refractivity contribution in [3.63, 3.8) is 0 Å². The average Bonchev–Trinajstić information content (AvgIpc) is 2.56. The number of oxime groups is 1. The van der Waals surface area contributed by atoms with Crippen LogP contribution in [0.2, 0.25) is 0 Å². The van der Waals surface area contributed by atoms with Gasteiger partial charge in [0.1, 0.15) is 5.71 Å². The first-order valence-corrected chi connectivity index (χ1v) is 7.94. The summed E-state index contributed by atoms with van der Waals surface area (Å²) in [6.45, 7) is 4.46. The second-order valence-corrected chi connectivity index (χ2v) is 6.30. The predicted molar refractivity (Wildman–Crippen MR) is 94.5 cm³/mol. The van der Waals surface area contributed by atoms with E-state index >= 15 is 0 Å². The Hall–Kier alpha value is -2.55. The van der Waals surface area contributed by atoms with E-state index in [1.54, 1.807) is 0 Å². The number of benzene rings is 2. The molecule has 118 valence electrons. The summed E-state index contributed by atoms with van der Waals surface area (Å²) in [5.74, 6) is 0.491. The van der Waals surface area contributed by atoms with Crippen molar-refractivity contribution in [2.24, 2.45) is 11.1 Å². The Bertz CT molecular complexity index is 747. The standard InChI is InChI=1S/C20H22N2O/c1-14(2)20-17-12-8-7-11-16(17)18(13-22(20)3)19(21-23)15-9-5-4-6-10-15/h4-14,20,23H,1-3H3/b21-19+. The maximum Gasteiger partial charge on any atom is 0.119 e. The Labute approximate surface area is 137 Å². The van der Waals surface area contributed by atoms with E-state index < -0.39 is 0 Å². The molecule has 3 heteroatoms. The highest BCUT2D eigenvalue weighted by Crippen LogP contribution is 2.39. The first-order valence-electron chi connectivity index (χ1n) is 7.94. The van der Waals surface area contributed by atoms with E-state index in [9.17, 15) is 5.21 Å². The fourth-order valence-corrected chi connectivity index (χ4v) is 3.45. The van der Waals surface area contributed by atoms with Crippen molar-refractivity contribution >= 4 is 11.3 Å². The van der Waals surface area contributed by atoms with Crippen LogP contribution in [0, 0.1) is 5.92 Å². The van der Waals surface area contributed by atoms with E-state index in [0.29, 0.717) is 17.7 Å². The molecule has 1 N–H and O–H groups in total. The lowest BCUT2D eigenvalue weighted by molar-refractivity contribution is 0.260. The van der Waals surface area contributed by atoms with Crippen LogP contribution < -0.4 is 0 Å². The second-order valence-electron chi connectivity index (χ2n) is 6.30. The van der Waals surface area contributed by atoms with Gasteiger partial charge in [-0.3, -0.25) is 0 Å². The molecule has 1 unspecified atom stereocenters. The number of fused-ring (bicyclic) bond motifs is 1. The molecule has 0 saturated carbocycles. The first kappa shape index (κ1) is 15.3. The molecule has 0 fully saturated rings. The van der Waals surface area contributed by atoms with Crippen LogP contribution in [0.5, 0.6) is 0 Å². The Morgan fingerprint density at radius 3 is 2.35 bits per heavy atom. The minimum absolute atomic E-state index is 0.325. The predicted octanol–water partition coefficient (Wildman–Crippen LogP) is 4.55. The second kappa shape index (κ2) is 6.29. The van der Waals surface area contributed by atoms with Gasteiger partial charge < -0.3 is 10.1 Å². The van der Waals surface area contributed by atoms with E-state index in [2.05, 4.69) is 55.3 Å². The van der Waals surface area contributed by atoms with Crippen molar-refractivity contribution in [1.82, 2.24) is 4.90 Å². The third-order valence-corrected chi connectivity index (χ3v) is 4.37. The Kier molecular flexibility index (Phi) is 4.20. The van der Waals surface area contributed by atoms with Gasteiger partial charge in [-0.05, 0) is 17.0 Å².